The summed E-state index contributed by atoms with van der Waals surface area (Å²) >= 11 is 7.42. The average molecular weight is 392 g/mol. The van der Waals surface area contributed by atoms with Crippen molar-refractivity contribution in [2.24, 2.45) is 0 Å². The molecule has 4 heteroatoms. The fraction of sp³-hybridized carbons (Fsp3) is 0.733. The van der Waals surface area contributed by atoms with Crippen molar-refractivity contribution in [1.29, 1.82) is 0 Å². The van der Waals surface area contributed by atoms with Gasteiger partial charge in [0.1, 0.15) is 0 Å². The Bertz CT molecular complexity index is 364. The van der Waals surface area contributed by atoms with Crippen LogP contribution in [0.5, 0.6) is 0 Å². The molecule has 0 N–H and O–H groups in total. The summed E-state index contributed by atoms with van der Waals surface area (Å²) in [5, 5.41) is 0. The molecular formula is C15H20Br2O2. The van der Waals surface area contributed by atoms with E-state index in [0.29, 0.717) is 15.8 Å². The first-order valence-electron chi connectivity index (χ1n) is 6.85. The van der Waals surface area contributed by atoms with E-state index in [1.165, 1.54) is 0 Å². The van der Waals surface area contributed by atoms with E-state index in [0.717, 1.165) is 25.7 Å². The predicted molar refractivity (Wildman–Crippen MR) is 84.9 cm³/mol. The molecule has 2 heterocycles. The Hall–Kier alpha value is 0.180. The summed E-state index contributed by atoms with van der Waals surface area (Å²) in [6.45, 7) is 2.16. The molecule has 2 aliphatic rings. The van der Waals surface area contributed by atoms with Crippen molar-refractivity contribution < 1.29 is 9.47 Å². The lowest BCUT2D eigenvalue weighted by atomic mass is 10.1. The highest BCUT2D eigenvalue weighted by molar-refractivity contribution is 9.09. The van der Waals surface area contributed by atoms with Crippen molar-refractivity contribution in [3.05, 3.63) is 12.2 Å². The van der Waals surface area contributed by atoms with Gasteiger partial charge in [0.25, 0.3) is 0 Å². The Labute approximate surface area is 132 Å². The first-order chi connectivity index (χ1) is 9.15. The van der Waals surface area contributed by atoms with Crippen molar-refractivity contribution in [3.63, 3.8) is 0 Å². The van der Waals surface area contributed by atoms with Gasteiger partial charge in [-0.25, -0.2) is 0 Å². The summed E-state index contributed by atoms with van der Waals surface area (Å²) in [6, 6.07) is 0. The summed E-state index contributed by atoms with van der Waals surface area (Å²) in [6.07, 6.45) is 13.8. The Morgan fingerprint density at radius 2 is 1.74 bits per heavy atom. The minimum atomic E-state index is 0.199. The largest absolute Gasteiger partial charge is 0.371 e. The minimum Gasteiger partial charge on any atom is -0.371 e. The van der Waals surface area contributed by atoms with Gasteiger partial charge in [-0.2, -0.15) is 0 Å². The topological polar surface area (TPSA) is 18.5 Å². The van der Waals surface area contributed by atoms with E-state index >= 15 is 0 Å². The summed E-state index contributed by atoms with van der Waals surface area (Å²) in [7, 11) is 0. The molecule has 0 aromatic heterocycles. The van der Waals surface area contributed by atoms with E-state index in [2.05, 4.69) is 44.7 Å². The van der Waals surface area contributed by atoms with Crippen LogP contribution in [0.1, 0.15) is 32.6 Å². The maximum Gasteiger partial charge on any atom is 0.0853 e. The summed E-state index contributed by atoms with van der Waals surface area (Å²) < 4.78 is 12.2. The van der Waals surface area contributed by atoms with Gasteiger partial charge in [0.2, 0.25) is 0 Å². The molecule has 0 aromatic carbocycles. The van der Waals surface area contributed by atoms with Crippen LogP contribution >= 0.6 is 31.9 Å². The fourth-order valence-corrected chi connectivity index (χ4v) is 4.36. The molecular weight excluding hydrogens is 372 g/mol. The summed E-state index contributed by atoms with van der Waals surface area (Å²) in [5.41, 5.74) is 0. The molecule has 2 nitrogen and oxygen atoms in total. The molecule has 0 spiro atoms. The molecule has 2 saturated heterocycles. The van der Waals surface area contributed by atoms with E-state index in [4.69, 9.17) is 15.9 Å². The lowest BCUT2D eigenvalue weighted by Gasteiger charge is -2.19. The summed E-state index contributed by atoms with van der Waals surface area (Å²) in [4.78, 5) is 0.846. The average Bonchev–Trinajstić information content (AvgIpc) is 2.93. The van der Waals surface area contributed by atoms with Gasteiger partial charge in [-0.05, 0) is 31.8 Å². The van der Waals surface area contributed by atoms with Crippen molar-refractivity contribution in [1.82, 2.24) is 0 Å². The number of hydrogen-bond acceptors (Lipinski definition) is 2. The Kier molecular flexibility index (Phi) is 5.95. The van der Waals surface area contributed by atoms with Gasteiger partial charge in [0, 0.05) is 9.65 Å². The molecule has 2 fully saturated rings. The van der Waals surface area contributed by atoms with Gasteiger partial charge < -0.3 is 9.47 Å². The third kappa shape index (κ3) is 3.85. The fourth-order valence-electron chi connectivity index (χ4n) is 2.78. The molecule has 0 aliphatic carbocycles. The van der Waals surface area contributed by atoms with Crippen LogP contribution in [0.4, 0.5) is 0 Å². The molecule has 19 heavy (non-hydrogen) atoms. The van der Waals surface area contributed by atoms with Gasteiger partial charge in [0.05, 0.1) is 24.4 Å². The van der Waals surface area contributed by atoms with E-state index in [1.54, 1.807) is 6.08 Å². The molecule has 0 amide bonds. The van der Waals surface area contributed by atoms with Crippen LogP contribution in [0.3, 0.4) is 0 Å². The number of halogens is 2. The Morgan fingerprint density at radius 3 is 2.26 bits per heavy atom. The monoisotopic (exact) mass is 390 g/mol. The maximum atomic E-state index is 6.13. The number of rotatable bonds is 4. The zero-order valence-corrected chi connectivity index (χ0v) is 14.3. The van der Waals surface area contributed by atoms with E-state index in [1.807, 2.05) is 6.08 Å². The third-order valence-corrected chi connectivity index (χ3v) is 5.75. The zero-order valence-electron chi connectivity index (χ0n) is 11.1. The number of alkyl halides is 2. The van der Waals surface area contributed by atoms with Gasteiger partial charge in [0.15, 0.2) is 0 Å². The smallest absolute Gasteiger partial charge is 0.0853 e. The van der Waals surface area contributed by atoms with Crippen LogP contribution in [0.15, 0.2) is 12.2 Å². The first kappa shape index (κ1) is 15.6. The van der Waals surface area contributed by atoms with Crippen LogP contribution in [0, 0.1) is 12.3 Å². The number of terminal acetylenes is 1. The molecule has 2 aliphatic heterocycles. The number of ether oxygens (including phenoxy) is 2. The van der Waals surface area contributed by atoms with Gasteiger partial charge in [-0.15, -0.1) is 6.42 Å². The second kappa shape index (κ2) is 7.26. The van der Waals surface area contributed by atoms with E-state index in [9.17, 15) is 0 Å². The van der Waals surface area contributed by atoms with Gasteiger partial charge in [-0.3, -0.25) is 0 Å². The molecule has 0 saturated carbocycles. The number of hydrogen-bond donors (Lipinski definition) is 0. The molecule has 106 valence electrons. The molecule has 0 radical (unpaired) electrons. The molecule has 6 atom stereocenters. The standard InChI is InChI=1S/C15H20Br2O2/c1-3-5-6-7-13-11(17)9-15(19-13)14-8-10(16)12(4-2)18-14/h1,5-6,10-15H,4,7-9H2,2H3/b6-5+/t10-,11+,12+,13-,14+,15-/m0/s1. The van der Waals surface area contributed by atoms with Gasteiger partial charge >= 0.3 is 0 Å². The molecule has 2 rings (SSSR count). The maximum absolute atomic E-state index is 6.13. The van der Waals surface area contributed by atoms with Crippen LogP contribution in [0.2, 0.25) is 0 Å². The second-order valence-corrected chi connectivity index (χ2v) is 7.49. The second-order valence-electron chi connectivity index (χ2n) is 5.14. The van der Waals surface area contributed by atoms with Crippen LogP contribution in [-0.2, 0) is 9.47 Å². The molecule has 0 bridgehead atoms. The highest BCUT2D eigenvalue weighted by Gasteiger charge is 2.43. The lowest BCUT2D eigenvalue weighted by molar-refractivity contribution is -0.0640. The van der Waals surface area contributed by atoms with Crippen molar-refractivity contribution in [3.8, 4) is 12.3 Å². The van der Waals surface area contributed by atoms with Crippen molar-refractivity contribution in [2.75, 3.05) is 0 Å². The number of allylic oxidation sites excluding steroid dienone is 1. The highest BCUT2D eigenvalue weighted by atomic mass is 79.9. The van der Waals surface area contributed by atoms with Crippen LogP contribution in [0.25, 0.3) is 0 Å². The SMILES string of the molecule is C#C/C=C/C[C@@H]1O[C@H]([C@H]2C[C@H](Br)[C@@H](CC)O2)C[C@H]1Br. The Morgan fingerprint density at radius 1 is 1.16 bits per heavy atom. The van der Waals surface area contributed by atoms with Crippen molar-refractivity contribution in [2.45, 2.75) is 66.7 Å². The highest BCUT2D eigenvalue weighted by Crippen LogP contribution is 2.38. The first-order valence-corrected chi connectivity index (χ1v) is 8.69. The normalized spacial score (nSPS) is 42.8. The quantitative estimate of drug-likeness (QED) is 0.535. The van der Waals surface area contributed by atoms with E-state index < -0.39 is 0 Å². The molecule has 0 aromatic rings. The Balaban J connectivity index is 1.87. The summed E-state index contributed by atoms with van der Waals surface area (Å²) in [5.74, 6) is 2.51. The van der Waals surface area contributed by atoms with E-state index in [-0.39, 0.29) is 18.3 Å². The van der Waals surface area contributed by atoms with Crippen LogP contribution < -0.4 is 0 Å². The van der Waals surface area contributed by atoms with Crippen molar-refractivity contribution >= 4 is 31.9 Å². The third-order valence-electron chi connectivity index (χ3n) is 3.82. The minimum absolute atomic E-state index is 0.199. The van der Waals surface area contributed by atoms with Gasteiger partial charge in [-0.1, -0.05) is 50.8 Å². The predicted octanol–water partition coefficient (Wildman–Crippen LogP) is 3.82. The zero-order chi connectivity index (χ0) is 13.8. The lowest BCUT2D eigenvalue weighted by Crippen LogP contribution is -2.26. The van der Waals surface area contributed by atoms with Crippen LogP contribution in [-0.4, -0.2) is 34.1 Å². The molecule has 0 unspecified atom stereocenters.